The fraction of sp³-hybridized carbons (Fsp3) is 0.167. The zero-order valence-corrected chi connectivity index (χ0v) is 13.1. The third kappa shape index (κ3) is 3.43. The minimum Gasteiger partial charge on any atom is -0.491 e. The molecule has 2 aromatic carbocycles. The van der Waals surface area contributed by atoms with Crippen LogP contribution in [0.25, 0.3) is 0 Å². The van der Waals surface area contributed by atoms with Crippen LogP contribution < -0.4 is 15.4 Å². The van der Waals surface area contributed by atoms with Crippen LogP contribution in [-0.4, -0.2) is 24.2 Å². The van der Waals surface area contributed by atoms with Gasteiger partial charge in [0, 0.05) is 16.8 Å². The SMILES string of the molecule is CC(=O)c1ccc(NC(=O)c2ccc3c(c2)NC(=O)CCO3)cc1. The van der Waals surface area contributed by atoms with Gasteiger partial charge in [0.15, 0.2) is 5.78 Å². The highest BCUT2D eigenvalue weighted by molar-refractivity contribution is 6.06. The van der Waals surface area contributed by atoms with Gasteiger partial charge in [0.05, 0.1) is 18.7 Å². The number of ketones is 1. The van der Waals surface area contributed by atoms with E-state index in [1.807, 2.05) is 0 Å². The Balaban J connectivity index is 1.77. The Kier molecular flexibility index (Phi) is 4.29. The molecule has 0 saturated heterocycles. The van der Waals surface area contributed by atoms with Gasteiger partial charge >= 0.3 is 0 Å². The highest BCUT2D eigenvalue weighted by Gasteiger charge is 2.16. The smallest absolute Gasteiger partial charge is 0.255 e. The van der Waals surface area contributed by atoms with E-state index in [9.17, 15) is 14.4 Å². The van der Waals surface area contributed by atoms with Crippen molar-refractivity contribution in [3.05, 3.63) is 53.6 Å². The molecule has 0 saturated carbocycles. The molecule has 1 aliphatic heterocycles. The van der Waals surface area contributed by atoms with Gasteiger partial charge in [0.25, 0.3) is 5.91 Å². The van der Waals surface area contributed by atoms with Crippen molar-refractivity contribution in [3.63, 3.8) is 0 Å². The van der Waals surface area contributed by atoms with E-state index in [4.69, 9.17) is 4.74 Å². The standard InChI is InChI=1S/C18H16N2O4/c1-11(21)12-2-5-14(6-3-12)19-18(23)13-4-7-16-15(10-13)20-17(22)8-9-24-16/h2-7,10H,8-9H2,1H3,(H,19,23)(H,20,22). The van der Waals surface area contributed by atoms with E-state index in [1.165, 1.54) is 6.92 Å². The second-order valence-electron chi connectivity index (χ2n) is 5.45. The molecule has 122 valence electrons. The zero-order valence-electron chi connectivity index (χ0n) is 13.1. The van der Waals surface area contributed by atoms with Crippen molar-refractivity contribution < 1.29 is 19.1 Å². The molecule has 1 heterocycles. The highest BCUT2D eigenvalue weighted by atomic mass is 16.5. The summed E-state index contributed by atoms with van der Waals surface area (Å²) in [6.07, 6.45) is 0.276. The number of fused-ring (bicyclic) bond motifs is 1. The molecule has 2 aromatic rings. The summed E-state index contributed by atoms with van der Waals surface area (Å²) in [5.41, 5.74) is 2.05. The Morgan fingerprint density at radius 2 is 1.79 bits per heavy atom. The molecule has 0 radical (unpaired) electrons. The summed E-state index contributed by atoms with van der Waals surface area (Å²) in [5, 5.41) is 5.47. The Hall–Kier alpha value is -3.15. The van der Waals surface area contributed by atoms with Crippen molar-refractivity contribution in [3.8, 4) is 5.75 Å². The molecule has 0 atom stereocenters. The van der Waals surface area contributed by atoms with Crippen LogP contribution in [0.4, 0.5) is 11.4 Å². The quantitative estimate of drug-likeness (QED) is 0.850. The monoisotopic (exact) mass is 324 g/mol. The van der Waals surface area contributed by atoms with Crippen LogP contribution >= 0.6 is 0 Å². The molecule has 0 unspecified atom stereocenters. The number of benzene rings is 2. The summed E-state index contributed by atoms with van der Waals surface area (Å²) < 4.78 is 5.46. The lowest BCUT2D eigenvalue weighted by molar-refractivity contribution is -0.116. The number of hydrogen-bond donors (Lipinski definition) is 2. The minimum absolute atomic E-state index is 0.0330. The van der Waals surface area contributed by atoms with E-state index in [-0.39, 0.29) is 24.0 Å². The summed E-state index contributed by atoms with van der Waals surface area (Å²) >= 11 is 0. The summed E-state index contributed by atoms with van der Waals surface area (Å²) in [6, 6.07) is 11.5. The van der Waals surface area contributed by atoms with Gasteiger partial charge < -0.3 is 15.4 Å². The molecule has 0 fully saturated rings. The minimum atomic E-state index is -0.313. The molecule has 6 nitrogen and oxygen atoms in total. The van der Waals surface area contributed by atoms with Crippen LogP contribution in [0.1, 0.15) is 34.1 Å². The van der Waals surface area contributed by atoms with Gasteiger partial charge in [-0.25, -0.2) is 0 Å². The van der Waals surface area contributed by atoms with Crippen LogP contribution in [-0.2, 0) is 4.79 Å². The molecule has 1 aliphatic rings. The van der Waals surface area contributed by atoms with Gasteiger partial charge in [-0.2, -0.15) is 0 Å². The van der Waals surface area contributed by atoms with E-state index in [0.717, 1.165) is 0 Å². The van der Waals surface area contributed by atoms with Crippen LogP contribution in [0.15, 0.2) is 42.5 Å². The predicted octanol–water partition coefficient (Wildman–Crippen LogP) is 2.86. The molecule has 2 N–H and O–H groups in total. The first kappa shape index (κ1) is 15.7. The van der Waals surface area contributed by atoms with E-state index in [2.05, 4.69) is 10.6 Å². The number of rotatable bonds is 3. The molecule has 0 aromatic heterocycles. The molecule has 6 heteroatoms. The Morgan fingerprint density at radius 1 is 1.08 bits per heavy atom. The lowest BCUT2D eigenvalue weighted by Gasteiger charge is -2.10. The van der Waals surface area contributed by atoms with E-state index < -0.39 is 0 Å². The third-order valence-electron chi connectivity index (χ3n) is 3.65. The summed E-state index contributed by atoms with van der Waals surface area (Å²) in [5.74, 6) is 0.0515. The largest absolute Gasteiger partial charge is 0.491 e. The van der Waals surface area contributed by atoms with Gasteiger partial charge in [0.2, 0.25) is 5.91 Å². The van der Waals surface area contributed by atoms with Gasteiger partial charge in [-0.05, 0) is 49.4 Å². The predicted molar refractivity (Wildman–Crippen MR) is 89.6 cm³/mol. The topological polar surface area (TPSA) is 84.5 Å². The lowest BCUT2D eigenvalue weighted by Crippen LogP contribution is -2.13. The first-order valence-corrected chi connectivity index (χ1v) is 7.52. The molecule has 2 amide bonds. The van der Waals surface area contributed by atoms with Crippen molar-refractivity contribution in [2.24, 2.45) is 0 Å². The second-order valence-corrected chi connectivity index (χ2v) is 5.45. The van der Waals surface area contributed by atoms with Gasteiger partial charge in [-0.1, -0.05) is 0 Å². The summed E-state index contributed by atoms with van der Waals surface area (Å²) in [6.45, 7) is 1.80. The fourth-order valence-corrected chi connectivity index (χ4v) is 2.35. The highest BCUT2D eigenvalue weighted by Crippen LogP contribution is 2.28. The lowest BCUT2D eigenvalue weighted by atomic mass is 10.1. The Morgan fingerprint density at radius 3 is 2.50 bits per heavy atom. The number of carbonyl (C=O) groups is 3. The number of amides is 2. The van der Waals surface area contributed by atoms with Crippen LogP contribution in [0.3, 0.4) is 0 Å². The second kappa shape index (κ2) is 6.54. The summed E-state index contributed by atoms with van der Waals surface area (Å²) in [4.78, 5) is 35.2. The molecule has 3 rings (SSSR count). The van der Waals surface area contributed by atoms with E-state index in [0.29, 0.717) is 34.9 Å². The Bertz CT molecular complexity index is 812. The fourth-order valence-electron chi connectivity index (χ4n) is 2.35. The van der Waals surface area contributed by atoms with Crippen LogP contribution in [0, 0.1) is 0 Å². The van der Waals surface area contributed by atoms with E-state index in [1.54, 1.807) is 42.5 Å². The van der Waals surface area contributed by atoms with Crippen molar-refractivity contribution in [1.82, 2.24) is 0 Å². The number of hydrogen-bond acceptors (Lipinski definition) is 4. The average molecular weight is 324 g/mol. The van der Waals surface area contributed by atoms with E-state index >= 15 is 0 Å². The molecule has 24 heavy (non-hydrogen) atoms. The average Bonchev–Trinajstić information content (AvgIpc) is 2.75. The molecular formula is C18H16N2O4. The normalized spacial score (nSPS) is 13.1. The number of Topliss-reactive ketones (excluding diaryl/α,β-unsaturated/α-hetero) is 1. The Labute approximate surface area is 138 Å². The number of carbonyl (C=O) groups excluding carboxylic acids is 3. The molecule has 0 bridgehead atoms. The maximum Gasteiger partial charge on any atom is 0.255 e. The van der Waals surface area contributed by atoms with Crippen molar-refractivity contribution in [1.29, 1.82) is 0 Å². The number of nitrogens with one attached hydrogen (secondary N) is 2. The molecule has 0 aliphatic carbocycles. The maximum absolute atomic E-state index is 12.4. The van der Waals surface area contributed by atoms with Gasteiger partial charge in [-0.3, -0.25) is 14.4 Å². The number of anilines is 2. The van der Waals surface area contributed by atoms with Gasteiger partial charge in [-0.15, -0.1) is 0 Å². The van der Waals surface area contributed by atoms with Crippen molar-refractivity contribution in [2.45, 2.75) is 13.3 Å². The molecule has 0 spiro atoms. The number of ether oxygens (including phenoxy) is 1. The van der Waals surface area contributed by atoms with Crippen LogP contribution in [0.5, 0.6) is 5.75 Å². The third-order valence-corrected chi connectivity index (χ3v) is 3.65. The maximum atomic E-state index is 12.4. The van der Waals surface area contributed by atoms with Crippen molar-refractivity contribution in [2.75, 3.05) is 17.2 Å². The zero-order chi connectivity index (χ0) is 17.1. The van der Waals surface area contributed by atoms with Crippen molar-refractivity contribution >= 4 is 29.0 Å². The first-order valence-electron chi connectivity index (χ1n) is 7.52. The first-order chi connectivity index (χ1) is 11.5. The molecular weight excluding hydrogens is 308 g/mol. The summed E-state index contributed by atoms with van der Waals surface area (Å²) in [7, 11) is 0. The van der Waals surface area contributed by atoms with Crippen LogP contribution in [0.2, 0.25) is 0 Å². The van der Waals surface area contributed by atoms with Gasteiger partial charge in [0.1, 0.15) is 5.75 Å².